The first-order chi connectivity index (χ1) is 9.49. The lowest BCUT2D eigenvalue weighted by Crippen LogP contribution is -2.62. The molecule has 0 aromatic rings. The van der Waals surface area contributed by atoms with Crippen molar-refractivity contribution in [3.05, 3.63) is 0 Å². The van der Waals surface area contributed by atoms with Gasteiger partial charge in [-0.3, -0.25) is 24.7 Å². The van der Waals surface area contributed by atoms with E-state index in [1.807, 2.05) is 13.8 Å². The summed E-state index contributed by atoms with van der Waals surface area (Å²) >= 11 is 0. The first kappa shape index (κ1) is 13.5. The Kier molecular flexibility index (Phi) is 3.28. The zero-order chi connectivity index (χ0) is 14.4. The number of nitrogens with zero attached hydrogens (tertiary/aromatic N) is 2. The van der Waals surface area contributed by atoms with Crippen LogP contribution in [-0.2, 0) is 9.59 Å². The zero-order valence-electron chi connectivity index (χ0n) is 12.0. The van der Waals surface area contributed by atoms with E-state index >= 15 is 0 Å². The van der Waals surface area contributed by atoms with Crippen LogP contribution in [0.5, 0.6) is 0 Å². The van der Waals surface area contributed by atoms with Crippen molar-refractivity contribution in [2.75, 3.05) is 13.1 Å². The van der Waals surface area contributed by atoms with Gasteiger partial charge in [-0.25, -0.2) is 4.79 Å². The highest BCUT2D eigenvalue weighted by Gasteiger charge is 2.47. The zero-order valence-corrected chi connectivity index (χ0v) is 12.0. The molecule has 1 saturated carbocycles. The Morgan fingerprint density at radius 3 is 2.40 bits per heavy atom. The van der Waals surface area contributed by atoms with Crippen molar-refractivity contribution in [1.82, 2.24) is 15.1 Å². The van der Waals surface area contributed by atoms with Gasteiger partial charge >= 0.3 is 6.03 Å². The average molecular weight is 279 g/mol. The molecule has 2 saturated heterocycles. The molecule has 0 aromatic heterocycles. The van der Waals surface area contributed by atoms with Crippen molar-refractivity contribution < 1.29 is 14.4 Å². The topological polar surface area (TPSA) is 69.7 Å². The predicted molar refractivity (Wildman–Crippen MR) is 71.7 cm³/mol. The Morgan fingerprint density at radius 1 is 1.10 bits per heavy atom. The van der Waals surface area contributed by atoms with Crippen LogP contribution in [0, 0.1) is 11.8 Å². The molecule has 2 atom stereocenters. The number of imide groups is 2. The van der Waals surface area contributed by atoms with Crippen LogP contribution in [0.4, 0.5) is 4.79 Å². The van der Waals surface area contributed by atoms with E-state index in [0.29, 0.717) is 6.04 Å². The number of likely N-dealkylation sites (tertiary alicyclic amines) is 1. The lowest BCUT2D eigenvalue weighted by Gasteiger charge is -2.35. The second kappa shape index (κ2) is 4.84. The molecule has 6 heteroatoms. The van der Waals surface area contributed by atoms with E-state index < -0.39 is 17.9 Å². The first-order valence-corrected chi connectivity index (χ1v) is 7.41. The number of amides is 4. The molecule has 20 heavy (non-hydrogen) atoms. The fourth-order valence-electron chi connectivity index (χ4n) is 3.29. The molecule has 0 bridgehead atoms. The standard InChI is InChI=1S/C14H21N3O3/c1-8(2)11-12(18)15-14(20)17(13(11)19)10-5-6-16(7-10)9-3-4-9/h8-11H,3-7H2,1-2H3,(H,15,18,20). The maximum atomic E-state index is 12.5. The van der Waals surface area contributed by atoms with E-state index in [1.165, 1.54) is 17.7 Å². The summed E-state index contributed by atoms with van der Waals surface area (Å²) in [5, 5.41) is 2.34. The fraction of sp³-hybridized carbons (Fsp3) is 0.786. The van der Waals surface area contributed by atoms with E-state index in [-0.39, 0.29) is 17.9 Å². The van der Waals surface area contributed by atoms with E-state index in [1.54, 1.807) is 0 Å². The number of carbonyl (C=O) groups is 3. The van der Waals surface area contributed by atoms with Gasteiger partial charge in [0.15, 0.2) is 0 Å². The van der Waals surface area contributed by atoms with Crippen molar-refractivity contribution in [3.8, 4) is 0 Å². The monoisotopic (exact) mass is 279 g/mol. The van der Waals surface area contributed by atoms with Crippen LogP contribution < -0.4 is 5.32 Å². The highest BCUT2D eigenvalue weighted by Crippen LogP contribution is 2.32. The smallest absolute Gasteiger partial charge is 0.298 e. The van der Waals surface area contributed by atoms with Crippen LogP contribution in [-0.4, -0.2) is 52.8 Å². The quantitative estimate of drug-likeness (QED) is 0.767. The Labute approximate surface area is 118 Å². The molecule has 1 aliphatic carbocycles. The Hall–Kier alpha value is -1.43. The van der Waals surface area contributed by atoms with E-state index in [2.05, 4.69) is 10.2 Å². The lowest BCUT2D eigenvalue weighted by molar-refractivity contribution is -0.145. The molecule has 6 nitrogen and oxygen atoms in total. The molecule has 1 N–H and O–H groups in total. The van der Waals surface area contributed by atoms with Gasteiger partial charge in [0.05, 0.1) is 6.04 Å². The van der Waals surface area contributed by atoms with Crippen LogP contribution in [0.2, 0.25) is 0 Å². The highest BCUT2D eigenvalue weighted by atomic mass is 16.2. The minimum absolute atomic E-state index is 0.0857. The molecular formula is C14H21N3O3. The number of rotatable bonds is 3. The van der Waals surface area contributed by atoms with Crippen LogP contribution in [0.3, 0.4) is 0 Å². The number of urea groups is 1. The second-order valence-corrected chi connectivity index (χ2v) is 6.39. The largest absolute Gasteiger partial charge is 0.331 e. The van der Waals surface area contributed by atoms with Crippen molar-refractivity contribution in [3.63, 3.8) is 0 Å². The number of nitrogens with one attached hydrogen (secondary N) is 1. The average Bonchev–Trinajstić information content (AvgIpc) is 3.08. The molecule has 3 rings (SSSR count). The molecule has 3 aliphatic rings. The molecule has 3 fully saturated rings. The summed E-state index contributed by atoms with van der Waals surface area (Å²) in [6, 6.07) is 0.0162. The van der Waals surface area contributed by atoms with Crippen LogP contribution in [0.15, 0.2) is 0 Å². The van der Waals surface area contributed by atoms with Gasteiger partial charge in [-0.05, 0) is 25.2 Å². The summed E-state index contributed by atoms with van der Waals surface area (Å²) in [6.45, 7) is 5.36. The summed E-state index contributed by atoms with van der Waals surface area (Å²) in [7, 11) is 0. The normalized spacial score (nSPS) is 32.1. The van der Waals surface area contributed by atoms with Gasteiger partial charge in [0, 0.05) is 19.1 Å². The molecule has 110 valence electrons. The Bertz CT molecular complexity index is 459. The third-order valence-corrected chi connectivity index (χ3v) is 4.52. The van der Waals surface area contributed by atoms with Crippen molar-refractivity contribution in [1.29, 1.82) is 0 Å². The molecular weight excluding hydrogens is 258 g/mol. The van der Waals surface area contributed by atoms with E-state index in [0.717, 1.165) is 19.5 Å². The number of hydrogen-bond donors (Lipinski definition) is 1. The van der Waals surface area contributed by atoms with E-state index in [9.17, 15) is 14.4 Å². The third-order valence-electron chi connectivity index (χ3n) is 4.52. The first-order valence-electron chi connectivity index (χ1n) is 7.41. The van der Waals surface area contributed by atoms with Gasteiger partial charge in [0.2, 0.25) is 11.8 Å². The Morgan fingerprint density at radius 2 is 1.80 bits per heavy atom. The summed E-state index contributed by atoms with van der Waals surface area (Å²) in [6.07, 6.45) is 3.26. The van der Waals surface area contributed by atoms with Gasteiger partial charge < -0.3 is 0 Å². The summed E-state index contributed by atoms with van der Waals surface area (Å²) in [5.41, 5.74) is 0. The van der Waals surface area contributed by atoms with Gasteiger partial charge in [-0.2, -0.15) is 0 Å². The molecule has 2 aliphatic heterocycles. The molecule has 0 aromatic carbocycles. The number of barbiturate groups is 1. The molecule has 0 radical (unpaired) electrons. The van der Waals surface area contributed by atoms with Crippen LogP contribution >= 0.6 is 0 Å². The third kappa shape index (κ3) is 2.22. The van der Waals surface area contributed by atoms with Gasteiger partial charge in [0.25, 0.3) is 0 Å². The minimum Gasteiger partial charge on any atom is -0.298 e. The number of carbonyl (C=O) groups excluding carboxylic acids is 3. The maximum Gasteiger partial charge on any atom is 0.331 e. The van der Waals surface area contributed by atoms with Crippen molar-refractivity contribution in [2.45, 2.75) is 45.2 Å². The molecule has 2 unspecified atom stereocenters. The van der Waals surface area contributed by atoms with Gasteiger partial charge in [-0.1, -0.05) is 13.8 Å². The van der Waals surface area contributed by atoms with Crippen molar-refractivity contribution in [2.24, 2.45) is 11.8 Å². The van der Waals surface area contributed by atoms with Gasteiger partial charge in [-0.15, -0.1) is 0 Å². The summed E-state index contributed by atoms with van der Waals surface area (Å²) in [5.74, 6) is -1.61. The van der Waals surface area contributed by atoms with E-state index in [4.69, 9.17) is 0 Å². The SMILES string of the molecule is CC(C)C1C(=O)NC(=O)N(C2CCN(C3CC3)C2)C1=O. The number of hydrogen-bond acceptors (Lipinski definition) is 4. The maximum absolute atomic E-state index is 12.5. The highest BCUT2D eigenvalue weighted by molar-refractivity contribution is 6.16. The van der Waals surface area contributed by atoms with Crippen LogP contribution in [0.25, 0.3) is 0 Å². The molecule has 4 amide bonds. The summed E-state index contributed by atoms with van der Waals surface area (Å²) < 4.78 is 0. The van der Waals surface area contributed by atoms with Crippen molar-refractivity contribution >= 4 is 17.8 Å². The fourth-order valence-corrected chi connectivity index (χ4v) is 3.29. The molecule has 0 spiro atoms. The molecule has 2 heterocycles. The Balaban J connectivity index is 1.75. The lowest BCUT2D eigenvalue weighted by atomic mass is 9.91. The van der Waals surface area contributed by atoms with Gasteiger partial charge in [0.1, 0.15) is 5.92 Å². The summed E-state index contributed by atoms with van der Waals surface area (Å²) in [4.78, 5) is 40.0. The minimum atomic E-state index is -0.734. The second-order valence-electron chi connectivity index (χ2n) is 6.39. The predicted octanol–water partition coefficient (Wildman–Crippen LogP) is 0.574. The van der Waals surface area contributed by atoms with Crippen LogP contribution in [0.1, 0.15) is 33.1 Å².